The van der Waals surface area contributed by atoms with Crippen molar-refractivity contribution in [2.75, 3.05) is 5.73 Å². The van der Waals surface area contributed by atoms with Gasteiger partial charge in [0, 0.05) is 11.3 Å². The Hall–Kier alpha value is -1.58. The summed E-state index contributed by atoms with van der Waals surface area (Å²) in [6.45, 7) is 6.25. The Kier molecular flexibility index (Phi) is 2.34. The predicted octanol–water partition coefficient (Wildman–Crippen LogP) is 1.97. The minimum absolute atomic E-state index is 0.871. The van der Waals surface area contributed by atoms with E-state index in [2.05, 4.69) is 29.3 Å². The SMILES string of the molecule is CCc1c(N)c(C)c2nn[nH]c2c1CC. The Morgan fingerprint density at radius 2 is 1.87 bits per heavy atom. The molecule has 80 valence electrons. The molecule has 0 saturated carbocycles. The van der Waals surface area contributed by atoms with Gasteiger partial charge < -0.3 is 5.73 Å². The minimum atomic E-state index is 0.871. The fraction of sp³-hybridized carbons (Fsp3) is 0.455. The lowest BCUT2D eigenvalue weighted by Crippen LogP contribution is -2.02. The van der Waals surface area contributed by atoms with Gasteiger partial charge in [0.25, 0.3) is 0 Å². The second kappa shape index (κ2) is 3.53. The van der Waals surface area contributed by atoms with Crippen LogP contribution >= 0.6 is 0 Å². The number of H-pyrrole nitrogens is 1. The third-order valence-corrected chi connectivity index (χ3v) is 3.01. The van der Waals surface area contributed by atoms with Crippen LogP contribution in [0.4, 0.5) is 5.69 Å². The molecule has 2 aromatic rings. The lowest BCUT2D eigenvalue weighted by Gasteiger charge is -2.12. The van der Waals surface area contributed by atoms with Gasteiger partial charge in [0.05, 0.1) is 5.52 Å². The summed E-state index contributed by atoms with van der Waals surface area (Å²) < 4.78 is 0. The van der Waals surface area contributed by atoms with Crippen molar-refractivity contribution in [1.82, 2.24) is 15.4 Å². The van der Waals surface area contributed by atoms with Gasteiger partial charge >= 0.3 is 0 Å². The van der Waals surface area contributed by atoms with Gasteiger partial charge in [0.15, 0.2) is 0 Å². The molecule has 4 nitrogen and oxygen atoms in total. The Morgan fingerprint density at radius 1 is 1.20 bits per heavy atom. The van der Waals surface area contributed by atoms with Crippen molar-refractivity contribution < 1.29 is 0 Å². The van der Waals surface area contributed by atoms with E-state index in [0.717, 1.165) is 35.1 Å². The normalized spacial score (nSPS) is 11.1. The number of nitrogens with two attached hydrogens (primary N) is 1. The van der Waals surface area contributed by atoms with Crippen LogP contribution in [-0.2, 0) is 12.8 Å². The predicted molar refractivity (Wildman–Crippen MR) is 61.8 cm³/mol. The number of nitrogen functional groups attached to an aromatic ring is 1. The fourth-order valence-corrected chi connectivity index (χ4v) is 2.16. The van der Waals surface area contributed by atoms with Crippen LogP contribution in [0.5, 0.6) is 0 Å². The zero-order valence-electron chi connectivity index (χ0n) is 9.39. The zero-order valence-corrected chi connectivity index (χ0v) is 9.39. The number of aryl methyl sites for hydroxylation is 2. The number of nitrogens with zero attached hydrogens (tertiary/aromatic N) is 2. The quantitative estimate of drug-likeness (QED) is 0.735. The van der Waals surface area contributed by atoms with E-state index in [1.165, 1.54) is 11.1 Å². The molecule has 4 heteroatoms. The van der Waals surface area contributed by atoms with Gasteiger partial charge in [-0.3, -0.25) is 5.10 Å². The molecule has 2 rings (SSSR count). The summed E-state index contributed by atoms with van der Waals surface area (Å²) in [5, 5.41) is 10.9. The van der Waals surface area contributed by atoms with Gasteiger partial charge in [-0.25, -0.2) is 0 Å². The third-order valence-electron chi connectivity index (χ3n) is 3.01. The molecule has 0 aliphatic rings. The summed E-state index contributed by atoms with van der Waals surface area (Å²) in [5.41, 5.74) is 12.4. The van der Waals surface area contributed by atoms with Crippen LogP contribution in [0.15, 0.2) is 0 Å². The lowest BCUT2D eigenvalue weighted by molar-refractivity contribution is 0.953. The highest BCUT2D eigenvalue weighted by molar-refractivity contribution is 5.88. The van der Waals surface area contributed by atoms with Crippen molar-refractivity contribution in [3.05, 3.63) is 16.7 Å². The average Bonchev–Trinajstić information content (AvgIpc) is 2.71. The van der Waals surface area contributed by atoms with Crippen molar-refractivity contribution in [2.45, 2.75) is 33.6 Å². The molecule has 0 amide bonds. The van der Waals surface area contributed by atoms with Crippen LogP contribution < -0.4 is 5.73 Å². The Bertz CT molecular complexity index is 499. The van der Waals surface area contributed by atoms with E-state index < -0.39 is 0 Å². The van der Waals surface area contributed by atoms with Crippen LogP contribution in [0.25, 0.3) is 11.0 Å². The number of hydrogen-bond donors (Lipinski definition) is 2. The monoisotopic (exact) mass is 204 g/mol. The Morgan fingerprint density at radius 3 is 2.47 bits per heavy atom. The summed E-state index contributed by atoms with van der Waals surface area (Å²) in [6, 6.07) is 0. The molecule has 0 unspecified atom stereocenters. The maximum Gasteiger partial charge on any atom is 0.118 e. The van der Waals surface area contributed by atoms with E-state index in [-0.39, 0.29) is 0 Å². The summed E-state index contributed by atoms with van der Waals surface area (Å²) >= 11 is 0. The standard InChI is InChI=1S/C11H16N4/c1-4-7-8(5-2)11-10(13-15-14-11)6(3)9(7)12/h4-5,12H2,1-3H3,(H,13,14,15). The molecule has 0 aliphatic heterocycles. The third kappa shape index (κ3) is 1.28. The number of aromatic nitrogens is 3. The minimum Gasteiger partial charge on any atom is -0.398 e. The van der Waals surface area contributed by atoms with Gasteiger partial charge in [0.2, 0.25) is 0 Å². The maximum atomic E-state index is 6.11. The lowest BCUT2D eigenvalue weighted by atomic mass is 9.96. The van der Waals surface area contributed by atoms with Crippen LogP contribution in [0.2, 0.25) is 0 Å². The molecule has 0 spiro atoms. The molecule has 1 heterocycles. The summed E-state index contributed by atoms with van der Waals surface area (Å²) in [7, 11) is 0. The molecule has 15 heavy (non-hydrogen) atoms. The van der Waals surface area contributed by atoms with Crippen molar-refractivity contribution in [3.8, 4) is 0 Å². The van der Waals surface area contributed by atoms with E-state index in [1.807, 2.05) is 6.92 Å². The Balaban J connectivity index is 2.91. The highest BCUT2D eigenvalue weighted by Gasteiger charge is 2.15. The van der Waals surface area contributed by atoms with Crippen LogP contribution in [0.3, 0.4) is 0 Å². The largest absolute Gasteiger partial charge is 0.398 e. The van der Waals surface area contributed by atoms with Crippen LogP contribution in [-0.4, -0.2) is 15.4 Å². The van der Waals surface area contributed by atoms with Crippen LogP contribution in [0, 0.1) is 6.92 Å². The van der Waals surface area contributed by atoms with Gasteiger partial charge in [-0.2, -0.15) is 0 Å². The molecule has 1 aromatic carbocycles. The topological polar surface area (TPSA) is 67.6 Å². The summed E-state index contributed by atoms with van der Waals surface area (Å²) in [6.07, 6.45) is 1.90. The van der Waals surface area contributed by atoms with Gasteiger partial charge in [-0.05, 0) is 30.9 Å². The molecular weight excluding hydrogens is 188 g/mol. The van der Waals surface area contributed by atoms with Gasteiger partial charge in [0.1, 0.15) is 5.52 Å². The average molecular weight is 204 g/mol. The zero-order chi connectivity index (χ0) is 11.0. The molecule has 0 radical (unpaired) electrons. The van der Waals surface area contributed by atoms with E-state index >= 15 is 0 Å². The number of rotatable bonds is 2. The van der Waals surface area contributed by atoms with Gasteiger partial charge in [-0.1, -0.05) is 19.1 Å². The first-order valence-electron chi connectivity index (χ1n) is 5.31. The number of nitrogens with one attached hydrogen (secondary N) is 1. The molecule has 0 fully saturated rings. The first-order valence-corrected chi connectivity index (χ1v) is 5.31. The van der Waals surface area contributed by atoms with E-state index in [9.17, 15) is 0 Å². The molecule has 1 aromatic heterocycles. The van der Waals surface area contributed by atoms with Crippen LogP contribution in [0.1, 0.15) is 30.5 Å². The first-order chi connectivity index (χ1) is 7.20. The molecule has 0 bridgehead atoms. The second-order valence-electron chi connectivity index (χ2n) is 3.74. The number of hydrogen-bond acceptors (Lipinski definition) is 3. The smallest absolute Gasteiger partial charge is 0.118 e. The van der Waals surface area contributed by atoms with Crippen molar-refractivity contribution >= 4 is 16.7 Å². The fourth-order valence-electron chi connectivity index (χ4n) is 2.16. The van der Waals surface area contributed by atoms with E-state index in [0.29, 0.717) is 0 Å². The van der Waals surface area contributed by atoms with E-state index in [4.69, 9.17) is 5.73 Å². The van der Waals surface area contributed by atoms with Gasteiger partial charge in [-0.15, -0.1) is 5.10 Å². The number of benzene rings is 1. The summed E-state index contributed by atoms with van der Waals surface area (Å²) in [4.78, 5) is 0. The van der Waals surface area contributed by atoms with Crippen molar-refractivity contribution in [1.29, 1.82) is 0 Å². The highest BCUT2D eigenvalue weighted by atomic mass is 15.3. The van der Waals surface area contributed by atoms with Crippen molar-refractivity contribution in [2.24, 2.45) is 0 Å². The first kappa shape index (κ1) is 9.96. The summed E-state index contributed by atoms with van der Waals surface area (Å²) in [5.74, 6) is 0. The molecule has 0 aliphatic carbocycles. The molecule has 0 saturated heterocycles. The maximum absolute atomic E-state index is 6.11. The number of anilines is 1. The van der Waals surface area contributed by atoms with Crippen molar-refractivity contribution in [3.63, 3.8) is 0 Å². The molecule has 3 N–H and O–H groups in total. The number of aromatic amines is 1. The second-order valence-corrected chi connectivity index (χ2v) is 3.74. The number of fused-ring (bicyclic) bond motifs is 1. The molecular formula is C11H16N4. The van der Waals surface area contributed by atoms with E-state index in [1.54, 1.807) is 0 Å². The molecule has 0 atom stereocenters. The highest BCUT2D eigenvalue weighted by Crippen LogP contribution is 2.30. The Labute approximate surface area is 88.9 Å².